The molecule has 1 fully saturated rings. The van der Waals surface area contributed by atoms with Crippen LogP contribution in [0.25, 0.3) is 0 Å². The van der Waals surface area contributed by atoms with E-state index >= 15 is 0 Å². The first kappa shape index (κ1) is 15.5. The topological polar surface area (TPSA) is 78.4 Å². The van der Waals surface area contributed by atoms with Crippen molar-refractivity contribution >= 4 is 11.9 Å². The molecule has 5 heteroatoms. The maximum atomic E-state index is 11.2. The highest BCUT2D eigenvalue weighted by Gasteiger charge is 2.32. The predicted molar refractivity (Wildman–Crippen MR) is 79.9 cm³/mol. The number of piperidine rings is 1. The van der Waals surface area contributed by atoms with Crippen LogP contribution in [0, 0.1) is 0 Å². The predicted octanol–water partition coefficient (Wildman–Crippen LogP) is 1.33. The Balaban J connectivity index is 1.93. The van der Waals surface area contributed by atoms with Gasteiger partial charge in [-0.25, -0.2) is 0 Å². The number of hydrogen-bond donors (Lipinski definition) is 3. The molecule has 0 aromatic heterocycles. The molecular formula is C16H22N2O3. The average Bonchev–Trinajstić information content (AvgIpc) is 2.45. The zero-order valence-electron chi connectivity index (χ0n) is 12.2. The van der Waals surface area contributed by atoms with Gasteiger partial charge in [-0.05, 0) is 31.2 Å². The van der Waals surface area contributed by atoms with E-state index in [9.17, 15) is 14.7 Å². The summed E-state index contributed by atoms with van der Waals surface area (Å²) in [5.41, 5.74) is 1.24. The van der Waals surface area contributed by atoms with Crippen molar-refractivity contribution in [2.45, 2.75) is 50.7 Å². The smallest absolute Gasteiger partial charge is 0.320 e. The molecule has 1 heterocycles. The van der Waals surface area contributed by atoms with E-state index in [-0.39, 0.29) is 18.0 Å². The Labute approximate surface area is 124 Å². The Morgan fingerprint density at radius 3 is 2.62 bits per heavy atom. The zero-order chi connectivity index (χ0) is 15.2. The lowest BCUT2D eigenvalue weighted by molar-refractivity contribution is -0.141. The fourth-order valence-electron chi connectivity index (χ4n) is 2.91. The molecular weight excluding hydrogens is 268 g/mol. The lowest BCUT2D eigenvalue weighted by Crippen LogP contribution is -2.55. The second kappa shape index (κ2) is 7.22. The molecule has 1 saturated heterocycles. The normalized spacial score (nSPS) is 25.3. The third-order valence-corrected chi connectivity index (χ3v) is 3.86. The highest BCUT2D eigenvalue weighted by molar-refractivity contribution is 5.75. The van der Waals surface area contributed by atoms with E-state index in [0.717, 1.165) is 19.3 Å². The molecule has 1 amide bonds. The lowest BCUT2D eigenvalue weighted by Gasteiger charge is -2.34. The molecule has 0 spiro atoms. The number of hydrogen-bond acceptors (Lipinski definition) is 3. The molecule has 0 aliphatic carbocycles. The lowest BCUT2D eigenvalue weighted by atomic mass is 9.90. The van der Waals surface area contributed by atoms with Crippen molar-refractivity contribution in [3.63, 3.8) is 0 Å². The molecule has 2 rings (SSSR count). The quantitative estimate of drug-likeness (QED) is 0.764. The molecule has 21 heavy (non-hydrogen) atoms. The Bertz CT molecular complexity index is 490. The minimum Gasteiger partial charge on any atom is -0.480 e. The van der Waals surface area contributed by atoms with Gasteiger partial charge in [-0.1, -0.05) is 30.3 Å². The summed E-state index contributed by atoms with van der Waals surface area (Å²) in [6, 6.07) is 9.59. The molecule has 114 valence electrons. The van der Waals surface area contributed by atoms with Gasteiger partial charge >= 0.3 is 5.97 Å². The van der Waals surface area contributed by atoms with E-state index in [4.69, 9.17) is 0 Å². The largest absolute Gasteiger partial charge is 0.480 e. The highest BCUT2D eigenvalue weighted by atomic mass is 16.4. The van der Waals surface area contributed by atoms with E-state index in [2.05, 4.69) is 22.8 Å². The van der Waals surface area contributed by atoms with Crippen LogP contribution in [0.4, 0.5) is 0 Å². The molecule has 0 saturated carbocycles. The summed E-state index contributed by atoms with van der Waals surface area (Å²) in [7, 11) is 0. The van der Waals surface area contributed by atoms with Gasteiger partial charge in [0, 0.05) is 19.0 Å². The number of rotatable bonds is 5. The van der Waals surface area contributed by atoms with Gasteiger partial charge in [-0.15, -0.1) is 0 Å². The molecule has 0 radical (unpaired) electrons. The number of carboxylic acid groups (broad SMARTS) is 1. The van der Waals surface area contributed by atoms with Gasteiger partial charge in [-0.3, -0.25) is 9.59 Å². The highest BCUT2D eigenvalue weighted by Crippen LogP contribution is 2.18. The third kappa shape index (κ3) is 4.86. The molecule has 0 bridgehead atoms. The van der Waals surface area contributed by atoms with Crippen LogP contribution >= 0.6 is 0 Å². The molecule has 1 aromatic carbocycles. The SMILES string of the molecule is CC(=O)N[C@H]1C[C@@H](CCc2ccccc2)N[C@H](C(=O)O)C1. The van der Waals surface area contributed by atoms with Gasteiger partial charge in [0.05, 0.1) is 0 Å². The van der Waals surface area contributed by atoms with E-state index in [0.29, 0.717) is 6.42 Å². The fraction of sp³-hybridized carbons (Fsp3) is 0.500. The number of carboxylic acids is 1. The number of carbonyl (C=O) groups is 2. The minimum absolute atomic E-state index is 0.0642. The van der Waals surface area contributed by atoms with Crippen LogP contribution in [-0.2, 0) is 16.0 Å². The number of amides is 1. The van der Waals surface area contributed by atoms with Crippen molar-refractivity contribution in [1.82, 2.24) is 10.6 Å². The Morgan fingerprint density at radius 1 is 1.29 bits per heavy atom. The number of aliphatic carboxylic acids is 1. The van der Waals surface area contributed by atoms with Crippen molar-refractivity contribution in [3.8, 4) is 0 Å². The van der Waals surface area contributed by atoms with Gasteiger partial charge in [0.2, 0.25) is 5.91 Å². The monoisotopic (exact) mass is 290 g/mol. The Morgan fingerprint density at radius 2 is 2.00 bits per heavy atom. The van der Waals surface area contributed by atoms with Crippen molar-refractivity contribution in [1.29, 1.82) is 0 Å². The number of benzene rings is 1. The number of nitrogens with one attached hydrogen (secondary N) is 2. The first-order valence-corrected chi connectivity index (χ1v) is 7.34. The maximum Gasteiger partial charge on any atom is 0.320 e. The van der Waals surface area contributed by atoms with Crippen LogP contribution < -0.4 is 10.6 Å². The maximum absolute atomic E-state index is 11.2. The summed E-state index contributed by atoms with van der Waals surface area (Å²) >= 11 is 0. The molecule has 1 aliphatic rings. The molecule has 5 nitrogen and oxygen atoms in total. The second-order valence-corrected chi connectivity index (χ2v) is 5.65. The standard InChI is InChI=1S/C16H22N2O3/c1-11(19)17-14-9-13(18-15(10-14)16(20)21)8-7-12-5-3-2-4-6-12/h2-6,13-15,18H,7-10H2,1H3,(H,17,19)(H,20,21)/t13-,14+,15+/m1/s1. The zero-order valence-corrected chi connectivity index (χ0v) is 12.2. The van der Waals surface area contributed by atoms with Crippen molar-refractivity contribution in [3.05, 3.63) is 35.9 Å². The van der Waals surface area contributed by atoms with E-state index < -0.39 is 12.0 Å². The van der Waals surface area contributed by atoms with Crippen LogP contribution in [-0.4, -0.2) is 35.1 Å². The van der Waals surface area contributed by atoms with Crippen molar-refractivity contribution in [2.24, 2.45) is 0 Å². The second-order valence-electron chi connectivity index (χ2n) is 5.65. The number of aryl methyl sites for hydroxylation is 1. The van der Waals surface area contributed by atoms with Gasteiger partial charge in [0.15, 0.2) is 0 Å². The van der Waals surface area contributed by atoms with Gasteiger partial charge in [-0.2, -0.15) is 0 Å². The van der Waals surface area contributed by atoms with Crippen LogP contribution in [0.3, 0.4) is 0 Å². The molecule has 0 unspecified atom stereocenters. The first-order chi connectivity index (χ1) is 10.0. The molecule has 3 atom stereocenters. The summed E-state index contributed by atoms with van der Waals surface area (Å²) < 4.78 is 0. The first-order valence-electron chi connectivity index (χ1n) is 7.34. The molecule has 1 aliphatic heterocycles. The van der Waals surface area contributed by atoms with E-state index in [1.54, 1.807) is 0 Å². The van der Waals surface area contributed by atoms with Crippen LogP contribution in [0.5, 0.6) is 0 Å². The summed E-state index contributed by atoms with van der Waals surface area (Å²) in [5, 5.41) is 15.2. The summed E-state index contributed by atoms with van der Waals surface area (Å²) in [4.78, 5) is 22.4. The summed E-state index contributed by atoms with van der Waals surface area (Å²) in [6.07, 6.45) is 2.98. The van der Waals surface area contributed by atoms with Crippen LogP contribution in [0.2, 0.25) is 0 Å². The third-order valence-electron chi connectivity index (χ3n) is 3.86. The summed E-state index contributed by atoms with van der Waals surface area (Å²) in [5.74, 6) is -0.956. The van der Waals surface area contributed by atoms with Crippen molar-refractivity contribution < 1.29 is 14.7 Å². The van der Waals surface area contributed by atoms with Gasteiger partial charge < -0.3 is 15.7 Å². The van der Waals surface area contributed by atoms with Crippen LogP contribution in [0.1, 0.15) is 31.7 Å². The molecule has 1 aromatic rings. The Hall–Kier alpha value is -1.88. The van der Waals surface area contributed by atoms with Gasteiger partial charge in [0.25, 0.3) is 0 Å². The molecule has 3 N–H and O–H groups in total. The Kier molecular flexibility index (Phi) is 5.33. The van der Waals surface area contributed by atoms with Crippen molar-refractivity contribution in [2.75, 3.05) is 0 Å². The average molecular weight is 290 g/mol. The van der Waals surface area contributed by atoms with Gasteiger partial charge in [0.1, 0.15) is 6.04 Å². The summed E-state index contributed by atoms with van der Waals surface area (Å²) in [6.45, 7) is 1.47. The number of carbonyl (C=O) groups excluding carboxylic acids is 1. The van der Waals surface area contributed by atoms with E-state index in [1.807, 2.05) is 18.2 Å². The fourth-order valence-corrected chi connectivity index (χ4v) is 2.91. The minimum atomic E-state index is -0.852. The van der Waals surface area contributed by atoms with Crippen LogP contribution in [0.15, 0.2) is 30.3 Å². The van der Waals surface area contributed by atoms with E-state index in [1.165, 1.54) is 12.5 Å².